The van der Waals surface area contributed by atoms with Crippen molar-refractivity contribution in [1.29, 1.82) is 0 Å². The average Bonchev–Trinajstić information content (AvgIpc) is 2.55. The van der Waals surface area contributed by atoms with E-state index < -0.39 is 0 Å². The normalized spacial score (nSPS) is 20.9. The van der Waals surface area contributed by atoms with Crippen molar-refractivity contribution in [3.05, 3.63) is 59.4 Å². The van der Waals surface area contributed by atoms with Crippen molar-refractivity contribution in [2.45, 2.75) is 25.3 Å². The Morgan fingerprint density at radius 2 is 2.17 bits per heavy atom. The molecule has 4 nitrogen and oxygen atoms in total. The van der Waals surface area contributed by atoms with Crippen LogP contribution in [0, 0.1) is 0 Å². The highest BCUT2D eigenvalue weighted by atomic mass is 32.2. The monoisotopic (exact) mass is 327 g/mol. The molecule has 120 valence electrons. The van der Waals surface area contributed by atoms with Crippen molar-refractivity contribution in [3.63, 3.8) is 0 Å². The van der Waals surface area contributed by atoms with Gasteiger partial charge in [-0.15, -0.1) is 0 Å². The van der Waals surface area contributed by atoms with Crippen LogP contribution in [0.15, 0.2) is 47.6 Å². The summed E-state index contributed by atoms with van der Waals surface area (Å²) >= 11 is 1.63. The predicted molar refractivity (Wildman–Crippen MR) is 96.1 cm³/mol. The molecule has 0 saturated carbocycles. The number of aliphatic imine (C=N–C) groups is 1. The number of pyridine rings is 1. The molecule has 23 heavy (non-hydrogen) atoms. The lowest BCUT2D eigenvalue weighted by molar-refractivity contribution is 0.408. The molecule has 1 aromatic carbocycles. The fraction of sp³-hybridized carbons (Fsp3) is 0.333. The van der Waals surface area contributed by atoms with Gasteiger partial charge in [0.25, 0.3) is 0 Å². The summed E-state index contributed by atoms with van der Waals surface area (Å²) in [5, 5.41) is 0.676. The summed E-state index contributed by atoms with van der Waals surface area (Å²) in [6, 6.07) is 12.4. The first-order valence-electron chi connectivity index (χ1n) is 7.66. The van der Waals surface area contributed by atoms with Crippen LogP contribution in [0.3, 0.4) is 0 Å². The molecule has 0 spiro atoms. The van der Waals surface area contributed by atoms with Gasteiger partial charge in [-0.25, -0.2) is 0 Å². The molecule has 0 radical (unpaired) electrons. The SMILES string of the molecule is COc1cccnc1Cc1cccc([C@]2(C)CCSC(N)=N2)c1. The topological polar surface area (TPSA) is 60.5 Å². The Balaban J connectivity index is 1.90. The van der Waals surface area contributed by atoms with Crippen molar-refractivity contribution in [2.75, 3.05) is 12.9 Å². The summed E-state index contributed by atoms with van der Waals surface area (Å²) in [5.41, 5.74) is 9.04. The molecule has 0 amide bonds. The molecule has 0 aliphatic carbocycles. The van der Waals surface area contributed by atoms with Gasteiger partial charge in [-0.1, -0.05) is 36.0 Å². The Kier molecular flexibility index (Phi) is 4.57. The van der Waals surface area contributed by atoms with Gasteiger partial charge in [-0.3, -0.25) is 9.98 Å². The molecule has 1 atom stereocenters. The number of nitrogens with zero attached hydrogens (tertiary/aromatic N) is 2. The van der Waals surface area contributed by atoms with Crippen molar-refractivity contribution in [3.8, 4) is 5.75 Å². The standard InChI is InChI=1S/C18H21N3OS/c1-18(8-10-23-17(19)21-18)14-6-3-5-13(11-14)12-15-16(22-2)7-4-9-20-15/h3-7,9,11H,8,10,12H2,1-2H3,(H2,19,21)/t18-/m0/s1. The van der Waals surface area contributed by atoms with Crippen LogP contribution in [-0.2, 0) is 12.0 Å². The summed E-state index contributed by atoms with van der Waals surface area (Å²) in [4.78, 5) is 9.12. The highest BCUT2D eigenvalue weighted by Gasteiger charge is 2.29. The lowest BCUT2D eigenvalue weighted by atomic mass is 9.88. The van der Waals surface area contributed by atoms with Gasteiger partial charge in [0.2, 0.25) is 0 Å². The van der Waals surface area contributed by atoms with Crippen LogP contribution >= 0.6 is 11.8 Å². The van der Waals surface area contributed by atoms with Gasteiger partial charge in [-0.2, -0.15) is 0 Å². The van der Waals surface area contributed by atoms with Crippen molar-refractivity contribution in [1.82, 2.24) is 4.98 Å². The highest BCUT2D eigenvalue weighted by Crippen LogP contribution is 2.35. The van der Waals surface area contributed by atoms with E-state index in [-0.39, 0.29) is 5.54 Å². The Morgan fingerprint density at radius 3 is 2.96 bits per heavy atom. The van der Waals surface area contributed by atoms with E-state index in [1.807, 2.05) is 12.1 Å². The number of hydrogen-bond donors (Lipinski definition) is 1. The van der Waals surface area contributed by atoms with E-state index in [1.54, 1.807) is 25.1 Å². The molecule has 1 aliphatic heterocycles. The second-order valence-corrected chi connectivity index (χ2v) is 6.97. The van der Waals surface area contributed by atoms with Gasteiger partial charge in [-0.05, 0) is 36.6 Å². The molecule has 1 aromatic heterocycles. The van der Waals surface area contributed by atoms with Crippen LogP contribution in [0.4, 0.5) is 0 Å². The molecular weight excluding hydrogens is 306 g/mol. The van der Waals surface area contributed by atoms with E-state index in [9.17, 15) is 0 Å². The number of rotatable bonds is 4. The van der Waals surface area contributed by atoms with E-state index in [1.165, 1.54) is 11.1 Å². The molecule has 0 fully saturated rings. The van der Waals surface area contributed by atoms with Gasteiger partial charge >= 0.3 is 0 Å². The maximum atomic E-state index is 5.93. The lowest BCUT2D eigenvalue weighted by Gasteiger charge is -2.30. The lowest BCUT2D eigenvalue weighted by Crippen LogP contribution is -2.28. The van der Waals surface area contributed by atoms with Gasteiger partial charge in [0.1, 0.15) is 5.75 Å². The van der Waals surface area contributed by atoms with Crippen molar-refractivity contribution >= 4 is 16.9 Å². The van der Waals surface area contributed by atoms with E-state index in [2.05, 4.69) is 41.2 Å². The molecule has 2 aromatic rings. The zero-order chi connectivity index (χ0) is 16.3. The van der Waals surface area contributed by atoms with Gasteiger partial charge in [0.05, 0.1) is 18.3 Å². The third-order valence-electron chi connectivity index (χ3n) is 4.18. The maximum absolute atomic E-state index is 5.93. The van der Waals surface area contributed by atoms with Crippen LogP contribution < -0.4 is 10.5 Å². The minimum atomic E-state index is -0.237. The molecule has 0 unspecified atom stereocenters. The minimum Gasteiger partial charge on any atom is -0.495 e. The molecule has 0 saturated heterocycles. The Hall–Kier alpha value is -2.01. The van der Waals surface area contributed by atoms with Crippen LogP contribution in [0.1, 0.15) is 30.2 Å². The quantitative estimate of drug-likeness (QED) is 0.935. The second kappa shape index (κ2) is 6.62. The van der Waals surface area contributed by atoms with Crippen LogP contribution in [0.2, 0.25) is 0 Å². The number of ether oxygens (including phenoxy) is 1. The van der Waals surface area contributed by atoms with Gasteiger partial charge in [0, 0.05) is 18.4 Å². The van der Waals surface area contributed by atoms with E-state index >= 15 is 0 Å². The maximum Gasteiger partial charge on any atom is 0.154 e. The molecule has 2 N–H and O–H groups in total. The van der Waals surface area contributed by atoms with Crippen LogP contribution in [-0.4, -0.2) is 23.0 Å². The largest absolute Gasteiger partial charge is 0.495 e. The Labute approximate surface area is 141 Å². The zero-order valence-corrected chi connectivity index (χ0v) is 14.3. The fourth-order valence-corrected chi connectivity index (χ4v) is 3.82. The molecule has 3 rings (SSSR count). The third kappa shape index (κ3) is 3.50. The molecule has 5 heteroatoms. The van der Waals surface area contributed by atoms with Crippen molar-refractivity contribution in [2.24, 2.45) is 10.7 Å². The van der Waals surface area contributed by atoms with E-state index in [0.29, 0.717) is 5.17 Å². The fourth-order valence-electron chi connectivity index (χ4n) is 2.85. The first kappa shape index (κ1) is 15.9. The highest BCUT2D eigenvalue weighted by molar-refractivity contribution is 8.13. The Morgan fingerprint density at radius 1 is 1.30 bits per heavy atom. The van der Waals surface area contributed by atoms with Gasteiger partial charge in [0.15, 0.2) is 5.17 Å². The predicted octanol–water partition coefficient (Wildman–Crippen LogP) is 3.35. The van der Waals surface area contributed by atoms with Crippen LogP contribution in [0.25, 0.3) is 0 Å². The molecule has 0 bridgehead atoms. The number of amidine groups is 1. The molecular formula is C18H21N3OS. The second-order valence-electron chi connectivity index (χ2n) is 5.85. The van der Waals surface area contributed by atoms with E-state index in [0.717, 1.165) is 30.0 Å². The molecule has 1 aliphatic rings. The van der Waals surface area contributed by atoms with Crippen LogP contribution in [0.5, 0.6) is 5.75 Å². The number of nitrogens with two attached hydrogens (primary N) is 1. The average molecular weight is 327 g/mol. The molecule has 2 heterocycles. The first-order valence-corrected chi connectivity index (χ1v) is 8.65. The summed E-state index contributed by atoms with van der Waals surface area (Å²) < 4.78 is 5.39. The summed E-state index contributed by atoms with van der Waals surface area (Å²) in [5.74, 6) is 1.82. The zero-order valence-electron chi connectivity index (χ0n) is 13.5. The Bertz CT molecular complexity index is 732. The van der Waals surface area contributed by atoms with E-state index in [4.69, 9.17) is 10.5 Å². The van der Waals surface area contributed by atoms with Crippen molar-refractivity contribution < 1.29 is 4.74 Å². The number of benzene rings is 1. The number of thioether (sulfide) groups is 1. The number of methoxy groups -OCH3 is 1. The first-order chi connectivity index (χ1) is 11.1. The minimum absolute atomic E-state index is 0.237. The summed E-state index contributed by atoms with van der Waals surface area (Å²) in [6.07, 6.45) is 3.53. The number of hydrogen-bond acceptors (Lipinski definition) is 5. The number of aromatic nitrogens is 1. The van der Waals surface area contributed by atoms with Gasteiger partial charge < -0.3 is 10.5 Å². The summed E-state index contributed by atoms with van der Waals surface area (Å²) in [7, 11) is 1.68. The smallest absolute Gasteiger partial charge is 0.154 e. The third-order valence-corrected chi connectivity index (χ3v) is 4.98. The summed E-state index contributed by atoms with van der Waals surface area (Å²) in [6.45, 7) is 2.15.